The number of hydrogen-bond donors (Lipinski definition) is 1. The molecule has 0 saturated heterocycles. The molecule has 1 heterocycles. The van der Waals surface area contributed by atoms with Gasteiger partial charge in [-0.1, -0.05) is 32.9 Å². The fourth-order valence-electron chi connectivity index (χ4n) is 2.40. The minimum Gasteiger partial charge on any atom is -0.310 e. The number of aromatic nitrogens is 1. The number of benzene rings is 1. The highest BCUT2D eigenvalue weighted by Gasteiger charge is 2.14. The van der Waals surface area contributed by atoms with Gasteiger partial charge in [0.05, 0.1) is 5.52 Å². The largest absolute Gasteiger partial charge is 0.310 e. The summed E-state index contributed by atoms with van der Waals surface area (Å²) in [5.41, 5.74) is 3.50. The molecule has 2 rings (SSSR count). The van der Waals surface area contributed by atoms with Crippen LogP contribution in [-0.4, -0.2) is 11.5 Å². The Kier molecular flexibility index (Phi) is 3.97. The highest BCUT2D eigenvalue weighted by molar-refractivity contribution is 5.79. The van der Waals surface area contributed by atoms with Crippen molar-refractivity contribution in [3.8, 4) is 0 Å². The summed E-state index contributed by atoms with van der Waals surface area (Å²) in [6.07, 6.45) is 0. The van der Waals surface area contributed by atoms with E-state index in [0.717, 1.165) is 17.8 Å². The van der Waals surface area contributed by atoms with Gasteiger partial charge in [-0.25, -0.2) is 0 Å². The maximum atomic E-state index is 4.55. The monoisotopic (exact) mass is 242 g/mol. The maximum Gasteiger partial charge on any atom is 0.0705 e. The second-order valence-electron chi connectivity index (χ2n) is 5.18. The Labute approximate surface area is 109 Å². The van der Waals surface area contributed by atoms with E-state index in [1.165, 1.54) is 10.9 Å². The first-order valence-corrected chi connectivity index (χ1v) is 6.72. The van der Waals surface area contributed by atoms with Crippen molar-refractivity contribution < 1.29 is 0 Å². The van der Waals surface area contributed by atoms with Crippen molar-refractivity contribution in [2.24, 2.45) is 5.92 Å². The van der Waals surface area contributed by atoms with Gasteiger partial charge in [-0.2, -0.15) is 0 Å². The summed E-state index contributed by atoms with van der Waals surface area (Å²) < 4.78 is 0. The summed E-state index contributed by atoms with van der Waals surface area (Å²) in [4.78, 5) is 4.55. The number of hydrogen-bond acceptors (Lipinski definition) is 2. The molecule has 0 aliphatic rings. The van der Waals surface area contributed by atoms with Gasteiger partial charge in [0.15, 0.2) is 0 Å². The molecule has 1 aromatic heterocycles. The van der Waals surface area contributed by atoms with Gasteiger partial charge < -0.3 is 5.32 Å². The lowest BCUT2D eigenvalue weighted by Crippen LogP contribution is -2.25. The van der Waals surface area contributed by atoms with Gasteiger partial charge in [0.1, 0.15) is 0 Å². The molecule has 1 N–H and O–H groups in total. The van der Waals surface area contributed by atoms with Crippen LogP contribution < -0.4 is 5.32 Å². The molecule has 0 saturated carbocycles. The summed E-state index contributed by atoms with van der Waals surface area (Å²) in [7, 11) is 0. The molecule has 0 radical (unpaired) electrons. The Bertz CT molecular complexity index is 532. The van der Waals surface area contributed by atoms with Crippen LogP contribution in [0.2, 0.25) is 0 Å². The third-order valence-corrected chi connectivity index (χ3v) is 3.30. The first-order chi connectivity index (χ1) is 8.61. The normalized spacial score (nSPS) is 13.2. The molecule has 0 bridgehead atoms. The predicted octanol–water partition coefficient (Wildman–Crippen LogP) is 3.85. The topological polar surface area (TPSA) is 24.9 Å². The van der Waals surface area contributed by atoms with E-state index in [1.54, 1.807) is 0 Å². The molecule has 18 heavy (non-hydrogen) atoms. The van der Waals surface area contributed by atoms with Crippen LogP contribution >= 0.6 is 0 Å². The standard InChI is InChI=1S/C16H22N2/c1-5-17-16(11(2)3)14-8-9-15-13(10-14)7-6-12(4)18-15/h6-11,16-17H,5H2,1-4H3. The first-order valence-electron chi connectivity index (χ1n) is 6.72. The van der Waals surface area contributed by atoms with E-state index >= 15 is 0 Å². The van der Waals surface area contributed by atoms with Gasteiger partial charge >= 0.3 is 0 Å². The molecular weight excluding hydrogens is 220 g/mol. The Hall–Kier alpha value is -1.41. The second kappa shape index (κ2) is 5.49. The van der Waals surface area contributed by atoms with Crippen LogP contribution in [0.25, 0.3) is 10.9 Å². The van der Waals surface area contributed by atoms with E-state index in [4.69, 9.17) is 0 Å². The smallest absolute Gasteiger partial charge is 0.0705 e. The quantitative estimate of drug-likeness (QED) is 0.881. The molecule has 2 aromatic rings. The van der Waals surface area contributed by atoms with Gasteiger partial charge in [-0.3, -0.25) is 4.98 Å². The average molecular weight is 242 g/mol. The molecule has 1 aromatic carbocycles. The third kappa shape index (κ3) is 2.70. The molecule has 0 fully saturated rings. The van der Waals surface area contributed by atoms with Gasteiger partial charge in [0.2, 0.25) is 0 Å². The molecule has 0 aliphatic heterocycles. The van der Waals surface area contributed by atoms with Crippen molar-refractivity contribution in [2.45, 2.75) is 33.7 Å². The zero-order valence-corrected chi connectivity index (χ0v) is 11.7. The first kappa shape index (κ1) is 13.0. The number of rotatable bonds is 4. The van der Waals surface area contributed by atoms with Crippen LogP contribution in [0.1, 0.15) is 38.1 Å². The average Bonchev–Trinajstić information content (AvgIpc) is 2.35. The van der Waals surface area contributed by atoms with Gasteiger partial charge in [0.25, 0.3) is 0 Å². The van der Waals surface area contributed by atoms with Gasteiger partial charge in [-0.05, 0) is 43.1 Å². The van der Waals surface area contributed by atoms with Crippen molar-refractivity contribution in [3.63, 3.8) is 0 Å². The number of nitrogens with one attached hydrogen (secondary N) is 1. The molecular formula is C16H22N2. The molecule has 0 spiro atoms. The van der Waals surface area contributed by atoms with Crippen molar-refractivity contribution in [3.05, 3.63) is 41.6 Å². The molecule has 1 unspecified atom stereocenters. The summed E-state index contributed by atoms with van der Waals surface area (Å²) in [5.74, 6) is 0.584. The highest BCUT2D eigenvalue weighted by atomic mass is 14.9. The molecule has 0 amide bonds. The molecule has 2 nitrogen and oxygen atoms in total. The van der Waals surface area contributed by atoms with Gasteiger partial charge in [-0.15, -0.1) is 0 Å². The van der Waals surface area contributed by atoms with E-state index in [-0.39, 0.29) is 0 Å². The SMILES string of the molecule is CCNC(c1ccc2nc(C)ccc2c1)C(C)C. The van der Waals surface area contributed by atoms with Crippen molar-refractivity contribution >= 4 is 10.9 Å². The zero-order chi connectivity index (χ0) is 13.1. The summed E-state index contributed by atoms with van der Waals surface area (Å²) >= 11 is 0. The zero-order valence-electron chi connectivity index (χ0n) is 11.7. The summed E-state index contributed by atoms with van der Waals surface area (Å²) in [6.45, 7) is 9.69. The summed E-state index contributed by atoms with van der Waals surface area (Å²) in [5, 5.41) is 4.78. The number of nitrogens with zero attached hydrogens (tertiary/aromatic N) is 1. The number of aryl methyl sites for hydroxylation is 1. The van der Waals surface area contributed by atoms with E-state index < -0.39 is 0 Å². The van der Waals surface area contributed by atoms with Crippen LogP contribution in [0.15, 0.2) is 30.3 Å². The molecule has 1 atom stereocenters. The van der Waals surface area contributed by atoms with E-state index in [9.17, 15) is 0 Å². The lowest BCUT2D eigenvalue weighted by molar-refractivity contribution is 0.422. The van der Waals surface area contributed by atoms with Crippen molar-refractivity contribution in [2.75, 3.05) is 6.54 Å². The van der Waals surface area contributed by atoms with Crippen LogP contribution in [-0.2, 0) is 0 Å². The predicted molar refractivity (Wildman–Crippen MR) is 77.7 cm³/mol. The maximum absolute atomic E-state index is 4.55. The van der Waals surface area contributed by atoms with E-state index in [1.807, 2.05) is 6.92 Å². The third-order valence-electron chi connectivity index (χ3n) is 3.30. The fourth-order valence-corrected chi connectivity index (χ4v) is 2.40. The summed E-state index contributed by atoms with van der Waals surface area (Å²) in [6, 6.07) is 11.2. The van der Waals surface area contributed by atoms with Crippen molar-refractivity contribution in [1.29, 1.82) is 0 Å². The lowest BCUT2D eigenvalue weighted by Gasteiger charge is -2.22. The van der Waals surface area contributed by atoms with Crippen LogP contribution in [0.3, 0.4) is 0 Å². The second-order valence-corrected chi connectivity index (χ2v) is 5.18. The Morgan fingerprint density at radius 3 is 2.61 bits per heavy atom. The highest BCUT2D eigenvalue weighted by Crippen LogP contribution is 2.24. The van der Waals surface area contributed by atoms with E-state index in [0.29, 0.717) is 12.0 Å². The van der Waals surface area contributed by atoms with Crippen LogP contribution in [0.5, 0.6) is 0 Å². The minimum absolute atomic E-state index is 0.417. The number of fused-ring (bicyclic) bond motifs is 1. The molecule has 0 aliphatic carbocycles. The Balaban J connectivity index is 2.42. The van der Waals surface area contributed by atoms with Crippen molar-refractivity contribution in [1.82, 2.24) is 10.3 Å². The number of pyridine rings is 1. The fraction of sp³-hybridized carbons (Fsp3) is 0.438. The Morgan fingerprint density at radius 1 is 1.17 bits per heavy atom. The van der Waals surface area contributed by atoms with Crippen LogP contribution in [0.4, 0.5) is 0 Å². The van der Waals surface area contributed by atoms with Gasteiger partial charge in [0, 0.05) is 17.1 Å². The Morgan fingerprint density at radius 2 is 1.94 bits per heavy atom. The van der Waals surface area contributed by atoms with E-state index in [2.05, 4.69) is 61.4 Å². The molecule has 2 heteroatoms. The van der Waals surface area contributed by atoms with Crippen LogP contribution in [0, 0.1) is 12.8 Å². The minimum atomic E-state index is 0.417. The molecule has 96 valence electrons. The lowest BCUT2D eigenvalue weighted by atomic mass is 9.95.